The van der Waals surface area contributed by atoms with Crippen molar-refractivity contribution >= 4 is 34.4 Å². The lowest BCUT2D eigenvalue weighted by molar-refractivity contribution is -0.644. The van der Waals surface area contributed by atoms with Crippen LogP contribution in [0.3, 0.4) is 0 Å². The molecule has 0 spiro atoms. The van der Waals surface area contributed by atoms with E-state index in [1.54, 1.807) is 11.8 Å². The zero-order valence-corrected chi connectivity index (χ0v) is 18.7. The molecule has 1 aromatic heterocycles. The second kappa shape index (κ2) is 9.58. The van der Waals surface area contributed by atoms with Crippen molar-refractivity contribution in [3.8, 4) is 0 Å². The monoisotopic (exact) mass is 502 g/mol. The van der Waals surface area contributed by atoms with Gasteiger partial charge in [-0.2, -0.15) is 0 Å². The fraction of sp³-hybridized carbons (Fsp3) is 0.174. The van der Waals surface area contributed by atoms with E-state index in [0.29, 0.717) is 0 Å². The standard InChI is InChI=1S/C23H23N2OS.HI/c1-24-16-14-18(19-9-2-3-10-20(19)24)8-6-13-23-25(15-7-17-26)21-11-4-5-12-22(21)27-23;/h2-6,8-14,16,26H,7,15,17H2,1H3;1H/q+1;/p-1. The Morgan fingerprint density at radius 3 is 2.71 bits per heavy atom. The minimum Gasteiger partial charge on any atom is -1.00 e. The quantitative estimate of drug-likeness (QED) is 0.424. The van der Waals surface area contributed by atoms with Gasteiger partial charge in [-0.15, -0.1) is 0 Å². The Hall–Kier alpha value is -1.83. The lowest BCUT2D eigenvalue weighted by atomic mass is 10.1. The lowest BCUT2D eigenvalue weighted by Gasteiger charge is -2.19. The Balaban J connectivity index is 0.00000225. The summed E-state index contributed by atoms with van der Waals surface area (Å²) in [4.78, 5) is 3.57. The van der Waals surface area contributed by atoms with Crippen LogP contribution in [0.25, 0.3) is 17.0 Å². The Kier molecular flexibility index (Phi) is 7.15. The molecule has 28 heavy (non-hydrogen) atoms. The molecule has 2 aromatic carbocycles. The summed E-state index contributed by atoms with van der Waals surface area (Å²) >= 11 is 1.79. The normalized spacial score (nSPS) is 14.6. The number of para-hydroxylation sites is 2. The molecule has 3 nitrogen and oxygen atoms in total. The fourth-order valence-electron chi connectivity index (χ4n) is 3.40. The molecule has 4 rings (SSSR count). The number of thioether (sulfide) groups is 1. The number of aliphatic hydroxyl groups is 1. The summed E-state index contributed by atoms with van der Waals surface area (Å²) in [6.07, 6.45) is 9.33. The molecule has 5 heteroatoms. The van der Waals surface area contributed by atoms with Gasteiger partial charge in [-0.1, -0.05) is 48.2 Å². The highest BCUT2D eigenvalue weighted by atomic mass is 127. The summed E-state index contributed by atoms with van der Waals surface area (Å²) in [7, 11) is 2.07. The molecule has 1 aliphatic rings. The minimum atomic E-state index is 0. The van der Waals surface area contributed by atoms with Gasteiger partial charge < -0.3 is 34.0 Å². The third kappa shape index (κ3) is 4.26. The van der Waals surface area contributed by atoms with Crippen LogP contribution >= 0.6 is 11.8 Å². The number of allylic oxidation sites excluding steroid dienone is 2. The average molecular weight is 502 g/mol. The van der Waals surface area contributed by atoms with Gasteiger partial charge in [0.05, 0.1) is 16.1 Å². The van der Waals surface area contributed by atoms with E-state index >= 15 is 0 Å². The minimum absolute atomic E-state index is 0. The molecule has 3 aromatic rings. The van der Waals surface area contributed by atoms with E-state index in [1.807, 2.05) is 0 Å². The van der Waals surface area contributed by atoms with Gasteiger partial charge in [-0.3, -0.25) is 0 Å². The van der Waals surface area contributed by atoms with Crippen LogP contribution in [0.1, 0.15) is 12.0 Å². The Bertz CT molecular complexity index is 1030. The van der Waals surface area contributed by atoms with Gasteiger partial charge in [0.25, 0.3) is 0 Å². The van der Waals surface area contributed by atoms with Crippen LogP contribution in [0, 0.1) is 0 Å². The SMILES string of the molecule is C[n+]1ccc(/C=C/C=C2\Sc3ccccc3N2CCCO)c2ccccc21.[I-]. The van der Waals surface area contributed by atoms with Crippen molar-refractivity contribution in [2.75, 3.05) is 18.1 Å². The number of aliphatic hydroxyl groups excluding tert-OH is 1. The molecular formula is C23H23IN2OS. The summed E-state index contributed by atoms with van der Waals surface area (Å²) in [5.41, 5.74) is 3.66. The number of aromatic nitrogens is 1. The molecule has 0 bridgehead atoms. The van der Waals surface area contributed by atoms with Crippen LogP contribution in [0.5, 0.6) is 0 Å². The van der Waals surface area contributed by atoms with Crippen LogP contribution in [0.4, 0.5) is 5.69 Å². The lowest BCUT2D eigenvalue weighted by Crippen LogP contribution is -3.00. The van der Waals surface area contributed by atoms with Gasteiger partial charge in [0, 0.05) is 30.2 Å². The predicted octanol–water partition coefficient (Wildman–Crippen LogP) is 1.52. The van der Waals surface area contributed by atoms with Crippen molar-refractivity contribution in [1.82, 2.24) is 0 Å². The van der Waals surface area contributed by atoms with Crippen molar-refractivity contribution in [2.24, 2.45) is 7.05 Å². The van der Waals surface area contributed by atoms with Crippen LogP contribution < -0.4 is 33.4 Å². The van der Waals surface area contributed by atoms with Gasteiger partial charge >= 0.3 is 0 Å². The topological polar surface area (TPSA) is 27.4 Å². The van der Waals surface area contributed by atoms with Crippen LogP contribution in [-0.4, -0.2) is 18.3 Å². The third-order valence-corrected chi connectivity index (χ3v) is 5.89. The Morgan fingerprint density at radius 2 is 1.86 bits per heavy atom. The largest absolute Gasteiger partial charge is 1.00 e. The summed E-state index contributed by atoms with van der Waals surface area (Å²) in [6, 6.07) is 19.1. The smallest absolute Gasteiger partial charge is 0.212 e. The first-order valence-corrected chi connectivity index (χ1v) is 10.0. The molecule has 0 radical (unpaired) electrons. The molecule has 0 atom stereocenters. The van der Waals surface area contributed by atoms with Gasteiger partial charge in [0.2, 0.25) is 5.52 Å². The zero-order valence-electron chi connectivity index (χ0n) is 15.8. The molecule has 1 N–H and O–H groups in total. The van der Waals surface area contributed by atoms with E-state index in [1.165, 1.54) is 32.1 Å². The third-order valence-electron chi connectivity index (χ3n) is 4.76. The fourth-order valence-corrected chi connectivity index (χ4v) is 4.50. The number of fused-ring (bicyclic) bond motifs is 2. The molecule has 144 valence electrons. The number of pyridine rings is 1. The maximum atomic E-state index is 9.24. The number of hydrogen-bond acceptors (Lipinski definition) is 3. The second-order valence-corrected chi connectivity index (χ2v) is 7.62. The summed E-state index contributed by atoms with van der Waals surface area (Å²) in [5.74, 6) is 0. The predicted molar refractivity (Wildman–Crippen MR) is 114 cm³/mol. The first-order valence-electron chi connectivity index (χ1n) is 9.19. The van der Waals surface area contributed by atoms with Crippen molar-refractivity contribution in [2.45, 2.75) is 11.3 Å². The van der Waals surface area contributed by atoms with E-state index in [-0.39, 0.29) is 30.6 Å². The molecule has 0 unspecified atom stereocenters. The van der Waals surface area contributed by atoms with Gasteiger partial charge in [-0.05, 0) is 36.3 Å². The van der Waals surface area contributed by atoms with Crippen molar-refractivity contribution in [3.05, 3.63) is 83.5 Å². The Labute approximate surface area is 187 Å². The highest BCUT2D eigenvalue weighted by Crippen LogP contribution is 2.45. The van der Waals surface area contributed by atoms with Crippen molar-refractivity contribution in [3.63, 3.8) is 0 Å². The van der Waals surface area contributed by atoms with E-state index in [2.05, 4.69) is 95.5 Å². The van der Waals surface area contributed by atoms with Gasteiger partial charge in [-0.25, -0.2) is 4.57 Å². The molecule has 0 saturated carbocycles. The number of anilines is 1. The van der Waals surface area contributed by atoms with Crippen LogP contribution in [-0.2, 0) is 7.05 Å². The summed E-state index contributed by atoms with van der Waals surface area (Å²) in [6.45, 7) is 1.03. The van der Waals surface area contributed by atoms with Crippen LogP contribution in [0.15, 0.2) is 82.9 Å². The maximum Gasteiger partial charge on any atom is 0.212 e. The van der Waals surface area contributed by atoms with Gasteiger partial charge in [0.1, 0.15) is 7.05 Å². The average Bonchev–Trinajstić information content (AvgIpc) is 3.06. The van der Waals surface area contributed by atoms with Gasteiger partial charge in [0.15, 0.2) is 6.20 Å². The van der Waals surface area contributed by atoms with Crippen molar-refractivity contribution < 1.29 is 33.7 Å². The highest BCUT2D eigenvalue weighted by molar-refractivity contribution is 8.03. The second-order valence-electron chi connectivity index (χ2n) is 6.56. The first kappa shape index (κ1) is 20.9. The molecular weight excluding hydrogens is 479 g/mol. The number of halogens is 1. The molecule has 0 aliphatic carbocycles. The molecule has 1 aliphatic heterocycles. The number of aryl methyl sites for hydroxylation is 1. The summed E-state index contributed by atoms with van der Waals surface area (Å²) < 4.78 is 2.14. The zero-order chi connectivity index (χ0) is 18.6. The first-order chi connectivity index (χ1) is 13.3. The van der Waals surface area contributed by atoms with E-state index in [4.69, 9.17) is 0 Å². The van der Waals surface area contributed by atoms with Crippen LogP contribution in [0.2, 0.25) is 0 Å². The summed E-state index contributed by atoms with van der Waals surface area (Å²) in [5, 5.41) is 11.7. The Morgan fingerprint density at radius 1 is 1.07 bits per heavy atom. The van der Waals surface area contributed by atoms with Crippen molar-refractivity contribution in [1.29, 1.82) is 0 Å². The van der Waals surface area contributed by atoms with E-state index < -0.39 is 0 Å². The highest BCUT2D eigenvalue weighted by Gasteiger charge is 2.23. The number of benzene rings is 2. The molecule has 0 saturated heterocycles. The van der Waals surface area contributed by atoms with E-state index in [9.17, 15) is 5.11 Å². The number of hydrogen-bond donors (Lipinski definition) is 1. The maximum absolute atomic E-state index is 9.24. The molecule has 0 amide bonds. The molecule has 2 heterocycles. The number of nitrogens with zero attached hydrogens (tertiary/aromatic N) is 2. The molecule has 0 fully saturated rings. The van der Waals surface area contributed by atoms with E-state index in [0.717, 1.165) is 13.0 Å². The number of rotatable bonds is 5.